The number of hydrogen-bond donors (Lipinski definition) is 2. The highest BCUT2D eigenvalue weighted by Crippen LogP contribution is 2.28. The van der Waals surface area contributed by atoms with Gasteiger partial charge in [0.2, 0.25) is 15.9 Å². The van der Waals surface area contributed by atoms with Gasteiger partial charge >= 0.3 is 0 Å². The minimum Gasteiger partial charge on any atom is -0.493 e. The monoisotopic (exact) mass is 434 g/mol. The second-order valence-corrected chi connectivity index (χ2v) is 8.67. The van der Waals surface area contributed by atoms with Crippen molar-refractivity contribution in [3.05, 3.63) is 53.1 Å². The number of hydrogen-bond acceptors (Lipinski definition) is 5. The maximum atomic E-state index is 12.4. The molecular formula is C22H30N2O5S. The summed E-state index contributed by atoms with van der Waals surface area (Å²) in [6.07, 6.45) is 0.837. The highest BCUT2D eigenvalue weighted by atomic mass is 32.2. The Morgan fingerprint density at radius 3 is 2.50 bits per heavy atom. The van der Waals surface area contributed by atoms with E-state index in [0.717, 1.165) is 11.1 Å². The molecule has 2 N–H and O–H groups in total. The molecule has 2 aromatic carbocycles. The van der Waals surface area contributed by atoms with Crippen molar-refractivity contribution in [2.24, 2.45) is 0 Å². The van der Waals surface area contributed by atoms with Gasteiger partial charge in [0.15, 0.2) is 11.5 Å². The van der Waals surface area contributed by atoms with E-state index in [9.17, 15) is 13.2 Å². The lowest BCUT2D eigenvalue weighted by molar-refractivity contribution is -0.121. The van der Waals surface area contributed by atoms with Crippen molar-refractivity contribution >= 4 is 15.9 Å². The van der Waals surface area contributed by atoms with Gasteiger partial charge in [-0.1, -0.05) is 18.2 Å². The first-order valence-corrected chi connectivity index (χ1v) is 11.4. The first-order chi connectivity index (χ1) is 14.3. The molecule has 0 radical (unpaired) electrons. The Bertz CT molecular complexity index is 973. The molecule has 30 heavy (non-hydrogen) atoms. The molecule has 0 atom stereocenters. The van der Waals surface area contributed by atoms with Crippen molar-refractivity contribution in [2.75, 3.05) is 26.8 Å². The average molecular weight is 435 g/mol. The van der Waals surface area contributed by atoms with Gasteiger partial charge in [-0.15, -0.1) is 0 Å². The molecule has 1 amide bonds. The zero-order valence-corrected chi connectivity index (χ0v) is 18.8. The molecule has 2 rings (SSSR count). The minimum absolute atomic E-state index is 0.123. The fraction of sp³-hybridized carbons (Fsp3) is 0.409. The molecule has 2 aromatic rings. The summed E-state index contributed by atoms with van der Waals surface area (Å²) in [6, 6.07) is 10.9. The number of benzene rings is 2. The van der Waals surface area contributed by atoms with Crippen LogP contribution in [0.4, 0.5) is 0 Å². The lowest BCUT2D eigenvalue weighted by Crippen LogP contribution is -2.35. The maximum absolute atomic E-state index is 12.4. The molecule has 0 aliphatic heterocycles. The zero-order chi connectivity index (χ0) is 22.1. The first-order valence-electron chi connectivity index (χ1n) is 9.90. The number of rotatable bonds is 11. The van der Waals surface area contributed by atoms with E-state index in [0.29, 0.717) is 36.5 Å². The fourth-order valence-corrected chi connectivity index (χ4v) is 4.31. The normalized spacial score (nSPS) is 11.2. The van der Waals surface area contributed by atoms with Crippen LogP contribution in [0.3, 0.4) is 0 Å². The summed E-state index contributed by atoms with van der Waals surface area (Å²) in [6.45, 7) is 6.39. The number of carbonyl (C=O) groups is 1. The standard InChI is InChI=1S/C22H30N2O5S/c1-5-29-19-10-8-18(15-20(19)28-4)9-11-22(25)23-12-13-24-30(26,27)21-14-16(2)6-7-17(21)3/h6-8,10,14-15,24H,5,9,11-13H2,1-4H3,(H,23,25). The van der Waals surface area contributed by atoms with Crippen molar-refractivity contribution in [1.82, 2.24) is 10.0 Å². The average Bonchev–Trinajstić information content (AvgIpc) is 2.72. The van der Waals surface area contributed by atoms with Gasteiger partial charge in [0.05, 0.1) is 18.6 Å². The number of ether oxygens (including phenoxy) is 2. The third-order valence-electron chi connectivity index (χ3n) is 4.54. The van der Waals surface area contributed by atoms with Gasteiger partial charge in [0.1, 0.15) is 0 Å². The minimum atomic E-state index is -3.61. The van der Waals surface area contributed by atoms with Crippen molar-refractivity contribution in [2.45, 2.75) is 38.5 Å². The van der Waals surface area contributed by atoms with Gasteiger partial charge < -0.3 is 14.8 Å². The largest absolute Gasteiger partial charge is 0.493 e. The maximum Gasteiger partial charge on any atom is 0.240 e. The summed E-state index contributed by atoms with van der Waals surface area (Å²) in [5.41, 5.74) is 2.52. The highest BCUT2D eigenvalue weighted by Gasteiger charge is 2.16. The SMILES string of the molecule is CCOc1ccc(CCC(=O)NCCNS(=O)(=O)c2cc(C)ccc2C)cc1OC. The number of amides is 1. The zero-order valence-electron chi connectivity index (χ0n) is 17.9. The molecule has 0 heterocycles. The van der Waals surface area contributed by atoms with E-state index in [2.05, 4.69) is 10.0 Å². The van der Waals surface area contributed by atoms with E-state index < -0.39 is 10.0 Å². The Morgan fingerprint density at radius 1 is 1.03 bits per heavy atom. The van der Waals surface area contributed by atoms with E-state index in [1.807, 2.05) is 38.1 Å². The number of methoxy groups -OCH3 is 1. The molecule has 0 saturated carbocycles. The van der Waals surface area contributed by atoms with Crippen molar-refractivity contribution in [3.8, 4) is 11.5 Å². The fourth-order valence-electron chi connectivity index (χ4n) is 2.95. The molecule has 0 aliphatic rings. The Morgan fingerprint density at radius 2 is 1.80 bits per heavy atom. The topological polar surface area (TPSA) is 93.7 Å². The predicted octanol–water partition coefficient (Wildman–Crippen LogP) is 2.74. The molecular weight excluding hydrogens is 404 g/mol. The predicted molar refractivity (Wildman–Crippen MR) is 117 cm³/mol. The second-order valence-electron chi connectivity index (χ2n) is 6.93. The lowest BCUT2D eigenvalue weighted by atomic mass is 10.1. The van der Waals surface area contributed by atoms with Gasteiger partial charge in [0, 0.05) is 19.5 Å². The second kappa shape index (κ2) is 11.0. The van der Waals surface area contributed by atoms with Gasteiger partial charge in [-0.3, -0.25) is 4.79 Å². The molecule has 0 fully saturated rings. The van der Waals surface area contributed by atoms with Crippen LogP contribution in [0.25, 0.3) is 0 Å². The van der Waals surface area contributed by atoms with Gasteiger partial charge in [0.25, 0.3) is 0 Å². The number of aryl methyl sites for hydroxylation is 3. The van der Waals surface area contributed by atoms with E-state index in [1.165, 1.54) is 0 Å². The van der Waals surface area contributed by atoms with Crippen LogP contribution in [0.1, 0.15) is 30.0 Å². The Hall–Kier alpha value is -2.58. The van der Waals surface area contributed by atoms with Crippen LogP contribution in [-0.2, 0) is 21.2 Å². The third-order valence-corrected chi connectivity index (χ3v) is 6.14. The summed E-state index contributed by atoms with van der Waals surface area (Å²) in [5.74, 6) is 1.16. The van der Waals surface area contributed by atoms with Crippen molar-refractivity contribution in [3.63, 3.8) is 0 Å². The quantitative estimate of drug-likeness (QED) is 0.531. The summed E-state index contributed by atoms with van der Waals surface area (Å²) in [5, 5.41) is 2.74. The molecule has 164 valence electrons. The van der Waals surface area contributed by atoms with Crippen LogP contribution in [-0.4, -0.2) is 41.1 Å². The Labute approximate surface area is 178 Å². The van der Waals surface area contributed by atoms with Crippen LogP contribution in [0.5, 0.6) is 11.5 Å². The molecule has 0 aliphatic carbocycles. The van der Waals surface area contributed by atoms with Gasteiger partial charge in [-0.05, 0) is 62.1 Å². The lowest BCUT2D eigenvalue weighted by Gasteiger charge is -2.12. The molecule has 0 bridgehead atoms. The molecule has 7 nitrogen and oxygen atoms in total. The summed E-state index contributed by atoms with van der Waals surface area (Å²) < 4.78 is 38.2. The van der Waals surface area contributed by atoms with E-state index >= 15 is 0 Å². The van der Waals surface area contributed by atoms with E-state index in [1.54, 1.807) is 26.2 Å². The highest BCUT2D eigenvalue weighted by molar-refractivity contribution is 7.89. The van der Waals surface area contributed by atoms with Crippen LogP contribution in [0.2, 0.25) is 0 Å². The number of nitrogens with one attached hydrogen (secondary N) is 2. The summed E-state index contributed by atoms with van der Waals surface area (Å²) in [7, 11) is -2.03. The molecule has 0 spiro atoms. The van der Waals surface area contributed by atoms with E-state index in [-0.39, 0.29) is 23.9 Å². The number of carbonyl (C=O) groups excluding carboxylic acids is 1. The van der Waals surface area contributed by atoms with E-state index in [4.69, 9.17) is 9.47 Å². The smallest absolute Gasteiger partial charge is 0.240 e. The number of sulfonamides is 1. The summed E-state index contributed by atoms with van der Waals surface area (Å²) in [4.78, 5) is 12.4. The van der Waals surface area contributed by atoms with Gasteiger partial charge in [-0.25, -0.2) is 13.1 Å². The molecule has 0 saturated heterocycles. The van der Waals surface area contributed by atoms with Crippen molar-refractivity contribution in [1.29, 1.82) is 0 Å². The van der Waals surface area contributed by atoms with Crippen LogP contribution in [0, 0.1) is 13.8 Å². The van der Waals surface area contributed by atoms with Crippen molar-refractivity contribution < 1.29 is 22.7 Å². The van der Waals surface area contributed by atoms with Crippen LogP contribution in [0.15, 0.2) is 41.3 Å². The summed E-state index contributed by atoms with van der Waals surface area (Å²) >= 11 is 0. The van der Waals surface area contributed by atoms with Gasteiger partial charge in [-0.2, -0.15) is 0 Å². The Kier molecular flexibility index (Phi) is 8.68. The molecule has 0 unspecified atom stereocenters. The first kappa shape index (κ1) is 23.7. The third kappa shape index (κ3) is 6.74. The van der Waals surface area contributed by atoms with Crippen LogP contribution >= 0.6 is 0 Å². The molecule has 8 heteroatoms. The van der Waals surface area contributed by atoms with Crippen LogP contribution < -0.4 is 19.5 Å². The Balaban J connectivity index is 1.79. The molecule has 0 aromatic heterocycles.